The number of carboxylic acids is 1. The number of ether oxygens (including phenoxy) is 2. The molecule has 0 fully saturated rings. The molecule has 1 aromatic rings. The summed E-state index contributed by atoms with van der Waals surface area (Å²) in [6.45, 7) is 1.95. The zero-order chi connectivity index (χ0) is 13.5. The number of aliphatic carboxylic acids is 1. The third-order valence-electron chi connectivity index (χ3n) is 2.92. The molecule has 0 saturated heterocycles. The summed E-state index contributed by atoms with van der Waals surface area (Å²) in [6, 6.07) is 5.70. The minimum absolute atomic E-state index is 0.161. The van der Waals surface area contributed by atoms with Crippen LogP contribution in [0.25, 0.3) is 0 Å². The van der Waals surface area contributed by atoms with Crippen molar-refractivity contribution in [1.29, 1.82) is 0 Å². The van der Waals surface area contributed by atoms with E-state index in [2.05, 4.69) is 0 Å². The van der Waals surface area contributed by atoms with Gasteiger partial charge in [-0.25, -0.2) is 0 Å². The average molecular weight is 252 g/mol. The maximum Gasteiger partial charge on any atom is 0.303 e. The standard InChI is InChI=1S/C14H20O4/c1-10(8-14(15)16)4-5-11-6-7-12(17-2)9-13(11)18-3/h6-7,9-10H,4-5,8H2,1-3H3,(H,15,16). The van der Waals surface area contributed by atoms with E-state index in [1.165, 1.54) is 0 Å². The van der Waals surface area contributed by atoms with Crippen LogP contribution in [0.4, 0.5) is 0 Å². The number of methoxy groups -OCH3 is 2. The normalized spacial score (nSPS) is 11.9. The molecule has 4 heteroatoms. The lowest BCUT2D eigenvalue weighted by Crippen LogP contribution is -2.05. The Kier molecular flexibility index (Phi) is 5.49. The highest BCUT2D eigenvalue weighted by Gasteiger charge is 2.10. The lowest BCUT2D eigenvalue weighted by molar-refractivity contribution is -0.138. The van der Waals surface area contributed by atoms with Crippen molar-refractivity contribution < 1.29 is 19.4 Å². The number of hydrogen-bond acceptors (Lipinski definition) is 3. The Morgan fingerprint density at radius 2 is 2.06 bits per heavy atom. The molecule has 0 aliphatic heterocycles. The Morgan fingerprint density at radius 1 is 1.33 bits per heavy atom. The fourth-order valence-corrected chi connectivity index (χ4v) is 1.86. The molecule has 0 spiro atoms. The summed E-state index contributed by atoms with van der Waals surface area (Å²) in [5.74, 6) is 0.963. The fraction of sp³-hybridized carbons (Fsp3) is 0.500. The van der Waals surface area contributed by atoms with E-state index in [9.17, 15) is 4.79 Å². The van der Waals surface area contributed by atoms with Crippen molar-refractivity contribution >= 4 is 5.97 Å². The van der Waals surface area contributed by atoms with Crippen molar-refractivity contribution in [2.45, 2.75) is 26.2 Å². The Morgan fingerprint density at radius 3 is 2.61 bits per heavy atom. The van der Waals surface area contributed by atoms with Crippen LogP contribution in [0.2, 0.25) is 0 Å². The van der Waals surface area contributed by atoms with Crippen molar-refractivity contribution in [1.82, 2.24) is 0 Å². The number of aryl methyl sites for hydroxylation is 1. The Balaban J connectivity index is 2.64. The molecule has 100 valence electrons. The molecule has 18 heavy (non-hydrogen) atoms. The van der Waals surface area contributed by atoms with Gasteiger partial charge in [0.15, 0.2) is 0 Å². The molecular formula is C14H20O4. The lowest BCUT2D eigenvalue weighted by Gasteiger charge is -2.12. The van der Waals surface area contributed by atoms with Gasteiger partial charge < -0.3 is 14.6 Å². The monoisotopic (exact) mass is 252 g/mol. The number of hydrogen-bond donors (Lipinski definition) is 1. The molecule has 0 bridgehead atoms. The van der Waals surface area contributed by atoms with Crippen molar-refractivity contribution in [2.75, 3.05) is 14.2 Å². The van der Waals surface area contributed by atoms with E-state index in [4.69, 9.17) is 14.6 Å². The molecule has 0 aliphatic rings. The fourth-order valence-electron chi connectivity index (χ4n) is 1.86. The Bertz CT molecular complexity index is 401. The first-order valence-corrected chi connectivity index (χ1v) is 5.99. The van der Waals surface area contributed by atoms with Crippen LogP contribution < -0.4 is 9.47 Å². The van der Waals surface area contributed by atoms with Crippen LogP contribution in [-0.4, -0.2) is 25.3 Å². The van der Waals surface area contributed by atoms with Crippen molar-refractivity contribution in [3.8, 4) is 11.5 Å². The molecule has 0 amide bonds. The molecule has 0 aliphatic carbocycles. The summed E-state index contributed by atoms with van der Waals surface area (Å²) < 4.78 is 10.4. The SMILES string of the molecule is COc1ccc(CCC(C)CC(=O)O)c(OC)c1. The summed E-state index contributed by atoms with van der Waals surface area (Å²) in [6.07, 6.45) is 1.84. The third kappa shape index (κ3) is 4.28. The summed E-state index contributed by atoms with van der Waals surface area (Å²) >= 11 is 0. The third-order valence-corrected chi connectivity index (χ3v) is 2.92. The van der Waals surface area contributed by atoms with Gasteiger partial charge in [-0.15, -0.1) is 0 Å². The molecule has 4 nitrogen and oxygen atoms in total. The summed E-state index contributed by atoms with van der Waals surface area (Å²) in [4.78, 5) is 10.6. The predicted octanol–water partition coefficient (Wildman–Crippen LogP) is 2.75. The van der Waals surface area contributed by atoms with Gasteiger partial charge in [-0.3, -0.25) is 4.79 Å². The largest absolute Gasteiger partial charge is 0.497 e. The quantitative estimate of drug-likeness (QED) is 0.810. The molecule has 0 aromatic heterocycles. The second kappa shape index (κ2) is 6.89. The minimum Gasteiger partial charge on any atom is -0.497 e. The van der Waals surface area contributed by atoms with E-state index in [0.717, 1.165) is 29.9 Å². The first-order valence-electron chi connectivity index (χ1n) is 5.99. The number of rotatable bonds is 7. The van der Waals surface area contributed by atoms with E-state index >= 15 is 0 Å². The highest BCUT2D eigenvalue weighted by molar-refractivity contribution is 5.66. The smallest absolute Gasteiger partial charge is 0.303 e. The van der Waals surface area contributed by atoms with Crippen LogP contribution in [-0.2, 0) is 11.2 Å². The van der Waals surface area contributed by atoms with E-state index in [1.54, 1.807) is 14.2 Å². The number of carbonyl (C=O) groups is 1. The maximum atomic E-state index is 10.6. The van der Waals surface area contributed by atoms with Crippen molar-refractivity contribution in [2.24, 2.45) is 5.92 Å². The molecule has 0 heterocycles. The van der Waals surface area contributed by atoms with E-state index in [0.29, 0.717) is 0 Å². The molecule has 1 unspecified atom stereocenters. The summed E-state index contributed by atoms with van der Waals surface area (Å²) in [7, 11) is 3.24. The van der Waals surface area contributed by atoms with E-state index in [1.807, 2.05) is 25.1 Å². The van der Waals surface area contributed by atoms with Gasteiger partial charge in [0.1, 0.15) is 11.5 Å². The molecule has 0 saturated carbocycles. The van der Waals surface area contributed by atoms with Gasteiger partial charge in [0.2, 0.25) is 0 Å². The number of carboxylic acid groups (broad SMARTS) is 1. The Hall–Kier alpha value is -1.71. The highest BCUT2D eigenvalue weighted by Crippen LogP contribution is 2.26. The van der Waals surface area contributed by atoms with Crippen LogP contribution in [0.1, 0.15) is 25.3 Å². The van der Waals surface area contributed by atoms with E-state index in [-0.39, 0.29) is 12.3 Å². The van der Waals surface area contributed by atoms with Gasteiger partial charge in [-0.1, -0.05) is 13.0 Å². The minimum atomic E-state index is -0.746. The molecule has 0 radical (unpaired) electrons. The topological polar surface area (TPSA) is 55.8 Å². The summed E-state index contributed by atoms with van der Waals surface area (Å²) in [5.41, 5.74) is 1.08. The van der Waals surface area contributed by atoms with Crippen molar-refractivity contribution in [3.05, 3.63) is 23.8 Å². The molecule has 1 atom stereocenters. The van der Waals surface area contributed by atoms with E-state index < -0.39 is 5.97 Å². The summed E-state index contributed by atoms with van der Waals surface area (Å²) in [5, 5.41) is 8.71. The molecule has 1 rings (SSSR count). The average Bonchev–Trinajstić information content (AvgIpc) is 2.35. The van der Waals surface area contributed by atoms with Crippen LogP contribution in [0.3, 0.4) is 0 Å². The highest BCUT2D eigenvalue weighted by atomic mass is 16.5. The first-order chi connectivity index (χ1) is 8.56. The van der Waals surface area contributed by atoms with Crippen LogP contribution in [0.5, 0.6) is 11.5 Å². The predicted molar refractivity (Wildman–Crippen MR) is 69.3 cm³/mol. The molecule has 1 aromatic carbocycles. The maximum absolute atomic E-state index is 10.6. The zero-order valence-corrected chi connectivity index (χ0v) is 11.1. The van der Waals surface area contributed by atoms with Crippen molar-refractivity contribution in [3.63, 3.8) is 0 Å². The molecular weight excluding hydrogens is 232 g/mol. The Labute approximate surface area is 108 Å². The van der Waals surface area contributed by atoms with Crippen LogP contribution in [0, 0.1) is 5.92 Å². The van der Waals surface area contributed by atoms with Gasteiger partial charge in [0.05, 0.1) is 14.2 Å². The zero-order valence-electron chi connectivity index (χ0n) is 11.1. The van der Waals surface area contributed by atoms with Gasteiger partial charge in [-0.2, -0.15) is 0 Å². The van der Waals surface area contributed by atoms with Gasteiger partial charge in [0.25, 0.3) is 0 Å². The molecule has 1 N–H and O–H groups in total. The van der Waals surface area contributed by atoms with Gasteiger partial charge in [-0.05, 0) is 30.4 Å². The lowest BCUT2D eigenvalue weighted by atomic mass is 9.98. The number of benzene rings is 1. The van der Waals surface area contributed by atoms with Gasteiger partial charge >= 0.3 is 5.97 Å². The van der Waals surface area contributed by atoms with Gasteiger partial charge in [0, 0.05) is 12.5 Å². The second-order valence-corrected chi connectivity index (χ2v) is 4.42. The second-order valence-electron chi connectivity index (χ2n) is 4.42. The first kappa shape index (κ1) is 14.4. The van der Waals surface area contributed by atoms with Crippen LogP contribution >= 0.6 is 0 Å². The van der Waals surface area contributed by atoms with Crippen LogP contribution in [0.15, 0.2) is 18.2 Å².